The van der Waals surface area contributed by atoms with E-state index in [9.17, 15) is 0 Å². The first-order chi connectivity index (χ1) is 23.3. The molecule has 0 saturated carbocycles. The van der Waals surface area contributed by atoms with Crippen LogP contribution in [0.4, 0.5) is 0 Å². The molecule has 9 rings (SSSR count). The van der Waals surface area contributed by atoms with Crippen LogP contribution in [0.25, 0.3) is 89.5 Å². The molecule has 0 radical (unpaired) electrons. The fourth-order valence-corrected chi connectivity index (χ4v) is 6.17. The Hall–Kier alpha value is -6.53. The van der Waals surface area contributed by atoms with Crippen LogP contribution < -0.4 is 0 Å². The van der Waals surface area contributed by atoms with E-state index in [1.807, 2.05) is 115 Å². The quantitative estimate of drug-likeness (QED) is 0.195. The molecule has 0 fully saturated rings. The van der Waals surface area contributed by atoms with Gasteiger partial charge in [0.15, 0.2) is 17.5 Å². The molecule has 0 amide bonds. The molecule has 5 aromatic carbocycles. The van der Waals surface area contributed by atoms with E-state index in [-0.39, 0.29) is 0 Å². The summed E-state index contributed by atoms with van der Waals surface area (Å²) in [5, 5.41) is 3.05. The fraction of sp³-hybridized carbons (Fsp3) is 0. The van der Waals surface area contributed by atoms with Gasteiger partial charge in [-0.05, 0) is 47.5 Å². The summed E-state index contributed by atoms with van der Waals surface area (Å²) in [5.41, 5.74) is 9.03. The predicted octanol–water partition coefficient (Wildman–Crippen LogP) is 10.0. The van der Waals surface area contributed by atoms with E-state index in [1.165, 1.54) is 0 Å². The predicted molar refractivity (Wildman–Crippen MR) is 187 cm³/mol. The largest absolute Gasteiger partial charge is 0.456 e. The van der Waals surface area contributed by atoms with Gasteiger partial charge in [-0.1, -0.05) is 109 Å². The first kappa shape index (κ1) is 26.8. The lowest BCUT2D eigenvalue weighted by Gasteiger charge is -2.11. The third kappa shape index (κ3) is 4.80. The summed E-state index contributed by atoms with van der Waals surface area (Å²) < 4.78 is 6.11. The maximum absolute atomic E-state index is 6.11. The van der Waals surface area contributed by atoms with E-state index in [0.717, 1.165) is 72.0 Å². The van der Waals surface area contributed by atoms with Crippen molar-refractivity contribution in [3.63, 3.8) is 0 Å². The SMILES string of the molecule is c1ccc(-c2nc(-c3ccccc3)nc(-c3cccc(-c4cccc5nc(-c6nccc7oc8ccccc8c67)ccc45)c3)n2)cc1. The Morgan fingerprint density at radius 1 is 0.426 bits per heavy atom. The topological polar surface area (TPSA) is 77.6 Å². The van der Waals surface area contributed by atoms with Crippen molar-refractivity contribution in [3.8, 4) is 56.7 Å². The minimum Gasteiger partial charge on any atom is -0.456 e. The van der Waals surface area contributed by atoms with Gasteiger partial charge in [-0.15, -0.1) is 0 Å². The highest BCUT2D eigenvalue weighted by molar-refractivity contribution is 6.11. The van der Waals surface area contributed by atoms with Gasteiger partial charge in [0.05, 0.1) is 16.6 Å². The van der Waals surface area contributed by atoms with Gasteiger partial charge in [0.1, 0.15) is 16.9 Å². The molecule has 0 aliphatic heterocycles. The van der Waals surface area contributed by atoms with Gasteiger partial charge in [0.2, 0.25) is 0 Å². The van der Waals surface area contributed by atoms with Crippen LogP contribution in [0, 0.1) is 0 Å². The Morgan fingerprint density at radius 2 is 1.06 bits per heavy atom. The average molecular weight is 604 g/mol. The highest BCUT2D eigenvalue weighted by Crippen LogP contribution is 2.37. The van der Waals surface area contributed by atoms with Crippen molar-refractivity contribution in [2.24, 2.45) is 0 Å². The fourth-order valence-electron chi connectivity index (χ4n) is 6.17. The molecule has 9 aromatic rings. The maximum Gasteiger partial charge on any atom is 0.164 e. The number of nitrogens with zero attached hydrogens (tertiary/aromatic N) is 5. The van der Waals surface area contributed by atoms with Gasteiger partial charge in [-0.3, -0.25) is 4.98 Å². The summed E-state index contributed by atoms with van der Waals surface area (Å²) >= 11 is 0. The summed E-state index contributed by atoms with van der Waals surface area (Å²) in [6.45, 7) is 0. The molecule has 0 bridgehead atoms. The summed E-state index contributed by atoms with van der Waals surface area (Å²) in [5.74, 6) is 1.89. The number of pyridine rings is 2. The van der Waals surface area contributed by atoms with Crippen molar-refractivity contribution in [3.05, 3.63) is 152 Å². The molecule has 0 spiro atoms. The van der Waals surface area contributed by atoms with Crippen LogP contribution in [-0.2, 0) is 0 Å². The van der Waals surface area contributed by atoms with Crippen molar-refractivity contribution in [2.45, 2.75) is 0 Å². The second kappa shape index (κ2) is 11.1. The lowest BCUT2D eigenvalue weighted by atomic mass is 9.98. The minimum atomic E-state index is 0.617. The number of furan rings is 1. The molecule has 0 N–H and O–H groups in total. The lowest BCUT2D eigenvalue weighted by molar-refractivity contribution is 0.668. The van der Waals surface area contributed by atoms with Gasteiger partial charge in [-0.25, -0.2) is 19.9 Å². The molecule has 220 valence electrons. The van der Waals surface area contributed by atoms with Gasteiger partial charge in [0, 0.05) is 33.7 Å². The lowest BCUT2D eigenvalue weighted by Crippen LogP contribution is -2.00. The van der Waals surface area contributed by atoms with Crippen LogP contribution in [0.2, 0.25) is 0 Å². The van der Waals surface area contributed by atoms with Crippen molar-refractivity contribution in [1.29, 1.82) is 0 Å². The van der Waals surface area contributed by atoms with Crippen molar-refractivity contribution in [1.82, 2.24) is 24.9 Å². The highest BCUT2D eigenvalue weighted by atomic mass is 16.3. The van der Waals surface area contributed by atoms with E-state index in [1.54, 1.807) is 6.20 Å². The van der Waals surface area contributed by atoms with Crippen LogP contribution >= 0.6 is 0 Å². The molecular formula is C41H25N5O. The van der Waals surface area contributed by atoms with Gasteiger partial charge >= 0.3 is 0 Å². The van der Waals surface area contributed by atoms with Gasteiger partial charge in [0.25, 0.3) is 0 Å². The maximum atomic E-state index is 6.11. The summed E-state index contributed by atoms with van der Waals surface area (Å²) in [4.78, 5) is 24.6. The monoisotopic (exact) mass is 603 g/mol. The molecule has 6 heteroatoms. The van der Waals surface area contributed by atoms with E-state index >= 15 is 0 Å². The van der Waals surface area contributed by atoms with Crippen LogP contribution in [0.3, 0.4) is 0 Å². The molecule has 0 aliphatic carbocycles. The Balaban J connectivity index is 1.15. The zero-order valence-electron chi connectivity index (χ0n) is 25.1. The third-order valence-electron chi connectivity index (χ3n) is 8.39. The smallest absolute Gasteiger partial charge is 0.164 e. The Labute approximate surface area is 270 Å². The van der Waals surface area contributed by atoms with Gasteiger partial charge in [-0.2, -0.15) is 0 Å². The molecule has 47 heavy (non-hydrogen) atoms. The summed E-state index contributed by atoms with van der Waals surface area (Å²) in [7, 11) is 0. The molecule has 0 unspecified atom stereocenters. The summed E-state index contributed by atoms with van der Waals surface area (Å²) in [6, 6.07) is 48.7. The second-order valence-corrected chi connectivity index (χ2v) is 11.3. The molecule has 4 aromatic heterocycles. The molecule has 0 atom stereocenters. The Kier molecular flexibility index (Phi) is 6.35. The molecule has 0 aliphatic rings. The van der Waals surface area contributed by atoms with E-state index in [2.05, 4.69) is 30.3 Å². The average Bonchev–Trinajstić information content (AvgIpc) is 3.54. The number of benzene rings is 5. The van der Waals surface area contributed by atoms with Crippen molar-refractivity contribution >= 4 is 32.8 Å². The molecule has 6 nitrogen and oxygen atoms in total. The number of fused-ring (bicyclic) bond motifs is 4. The summed E-state index contributed by atoms with van der Waals surface area (Å²) in [6.07, 6.45) is 1.78. The zero-order chi connectivity index (χ0) is 31.2. The third-order valence-corrected chi connectivity index (χ3v) is 8.39. The van der Waals surface area contributed by atoms with Gasteiger partial charge < -0.3 is 4.42 Å². The van der Waals surface area contributed by atoms with Crippen molar-refractivity contribution in [2.75, 3.05) is 0 Å². The Morgan fingerprint density at radius 3 is 1.83 bits per heavy atom. The Bertz CT molecular complexity index is 2520. The normalized spacial score (nSPS) is 11.4. The molecule has 0 saturated heterocycles. The number of aromatic nitrogens is 5. The highest BCUT2D eigenvalue weighted by Gasteiger charge is 2.17. The molecular weight excluding hydrogens is 578 g/mol. The van der Waals surface area contributed by atoms with E-state index in [4.69, 9.17) is 29.3 Å². The zero-order valence-corrected chi connectivity index (χ0v) is 25.1. The van der Waals surface area contributed by atoms with Crippen LogP contribution in [-0.4, -0.2) is 24.9 Å². The van der Waals surface area contributed by atoms with E-state index < -0.39 is 0 Å². The van der Waals surface area contributed by atoms with Crippen LogP contribution in [0.1, 0.15) is 0 Å². The van der Waals surface area contributed by atoms with Crippen LogP contribution in [0.5, 0.6) is 0 Å². The van der Waals surface area contributed by atoms with E-state index in [0.29, 0.717) is 17.5 Å². The number of rotatable bonds is 5. The number of hydrogen-bond donors (Lipinski definition) is 0. The number of hydrogen-bond acceptors (Lipinski definition) is 6. The number of para-hydroxylation sites is 1. The standard InChI is InChI=1S/C41H25N5O/c1-3-11-26(12-4-1)39-44-40(27-13-5-2-6-14-27)46-41(45-39)29-16-9-15-28(25-29)30-18-10-19-33-31(30)21-22-34(43-33)38-37-32-17-7-8-20-35(32)47-36(37)23-24-42-38/h1-25H. The second-order valence-electron chi connectivity index (χ2n) is 11.3. The van der Waals surface area contributed by atoms with Crippen molar-refractivity contribution < 1.29 is 4.42 Å². The minimum absolute atomic E-state index is 0.617. The first-order valence-electron chi connectivity index (χ1n) is 15.4. The molecule has 4 heterocycles. The van der Waals surface area contributed by atoms with Crippen LogP contribution in [0.15, 0.2) is 156 Å². The first-order valence-corrected chi connectivity index (χ1v) is 15.4.